The van der Waals surface area contributed by atoms with Gasteiger partial charge < -0.3 is 10.1 Å². The van der Waals surface area contributed by atoms with Gasteiger partial charge in [0, 0.05) is 0 Å². The Kier molecular flexibility index (Phi) is 5.48. The van der Waals surface area contributed by atoms with Crippen molar-refractivity contribution in [2.75, 3.05) is 13.1 Å². The molecule has 1 aromatic rings. The number of hydrogen-bond acceptors (Lipinski definition) is 3. The molecule has 0 aliphatic heterocycles. The Morgan fingerprint density at radius 2 is 2.05 bits per heavy atom. The van der Waals surface area contributed by atoms with Crippen LogP contribution in [0, 0.1) is 12.7 Å². The number of carbonyl (C=O) groups excluding carboxylic acids is 1. The molecule has 0 fully saturated rings. The molecule has 0 aromatic heterocycles. The average molecular weight is 267 g/mol. The van der Waals surface area contributed by atoms with Gasteiger partial charge >= 0.3 is 5.97 Å². The van der Waals surface area contributed by atoms with Gasteiger partial charge in [-0.15, -0.1) is 0 Å². The molecule has 106 valence electrons. The minimum Gasteiger partial charge on any atom is -0.459 e. The van der Waals surface area contributed by atoms with E-state index in [0.29, 0.717) is 6.54 Å². The Labute approximate surface area is 114 Å². The Morgan fingerprint density at radius 1 is 1.37 bits per heavy atom. The second-order valence-corrected chi connectivity index (χ2v) is 5.58. The first kappa shape index (κ1) is 15.6. The number of hydrogen-bond donors (Lipinski definition) is 1. The fourth-order valence-electron chi connectivity index (χ4n) is 1.73. The lowest BCUT2D eigenvalue weighted by atomic mass is 10.1. The number of carbonyl (C=O) groups is 1. The second kappa shape index (κ2) is 6.66. The van der Waals surface area contributed by atoms with Crippen LogP contribution in [0.1, 0.15) is 31.9 Å². The van der Waals surface area contributed by atoms with Gasteiger partial charge in [0.05, 0.1) is 6.54 Å². The number of esters is 1. The van der Waals surface area contributed by atoms with Gasteiger partial charge in [0.15, 0.2) is 0 Å². The summed E-state index contributed by atoms with van der Waals surface area (Å²) in [5.74, 6) is -0.480. The van der Waals surface area contributed by atoms with Gasteiger partial charge in [0.2, 0.25) is 0 Å². The Balaban J connectivity index is 2.29. The van der Waals surface area contributed by atoms with Crippen molar-refractivity contribution in [2.45, 2.75) is 39.7 Å². The smallest absolute Gasteiger partial charge is 0.320 e. The normalized spacial score (nSPS) is 11.4. The lowest BCUT2D eigenvalue weighted by molar-refractivity contribution is -0.153. The highest BCUT2D eigenvalue weighted by Crippen LogP contribution is 2.10. The van der Waals surface area contributed by atoms with E-state index in [0.717, 1.165) is 17.5 Å². The molecule has 4 heteroatoms. The number of rotatable bonds is 5. The van der Waals surface area contributed by atoms with Gasteiger partial charge in [-0.2, -0.15) is 0 Å². The van der Waals surface area contributed by atoms with Crippen molar-refractivity contribution in [3.63, 3.8) is 0 Å². The molecule has 3 nitrogen and oxygen atoms in total. The fourth-order valence-corrected chi connectivity index (χ4v) is 1.73. The van der Waals surface area contributed by atoms with Crippen molar-refractivity contribution >= 4 is 5.97 Å². The molecule has 0 saturated carbocycles. The first-order chi connectivity index (χ1) is 8.78. The highest BCUT2D eigenvalue weighted by atomic mass is 19.1. The molecule has 0 unspecified atom stereocenters. The Bertz CT molecular complexity index is 438. The van der Waals surface area contributed by atoms with Gasteiger partial charge in [-0.25, -0.2) is 4.39 Å². The largest absolute Gasteiger partial charge is 0.459 e. The summed E-state index contributed by atoms with van der Waals surface area (Å²) in [6.07, 6.45) is 0.759. The molecule has 0 spiro atoms. The van der Waals surface area contributed by atoms with Crippen molar-refractivity contribution in [1.29, 1.82) is 0 Å². The van der Waals surface area contributed by atoms with Crippen LogP contribution < -0.4 is 5.32 Å². The van der Waals surface area contributed by atoms with Crippen LogP contribution >= 0.6 is 0 Å². The van der Waals surface area contributed by atoms with Gasteiger partial charge in [-0.3, -0.25) is 4.79 Å². The minimum absolute atomic E-state index is 0.192. The maximum absolute atomic E-state index is 12.9. The summed E-state index contributed by atoms with van der Waals surface area (Å²) in [6.45, 7) is 8.25. The zero-order valence-electron chi connectivity index (χ0n) is 12.0. The third-order valence-electron chi connectivity index (χ3n) is 2.57. The third-order valence-corrected chi connectivity index (χ3v) is 2.57. The molecule has 0 saturated heterocycles. The van der Waals surface area contributed by atoms with E-state index in [1.54, 1.807) is 6.07 Å². The molecule has 0 bridgehead atoms. The molecule has 0 atom stereocenters. The summed E-state index contributed by atoms with van der Waals surface area (Å²) < 4.78 is 18.1. The van der Waals surface area contributed by atoms with E-state index in [2.05, 4.69) is 5.32 Å². The zero-order chi connectivity index (χ0) is 14.5. The SMILES string of the molecule is Cc1cc(F)ccc1CCNCC(=O)OC(C)(C)C. The van der Waals surface area contributed by atoms with E-state index in [9.17, 15) is 9.18 Å². The molecular weight excluding hydrogens is 245 g/mol. The lowest BCUT2D eigenvalue weighted by Crippen LogP contribution is -2.32. The molecule has 1 rings (SSSR count). The minimum atomic E-state index is -0.452. The van der Waals surface area contributed by atoms with Crippen LogP contribution in [-0.4, -0.2) is 24.7 Å². The number of nitrogens with one attached hydrogen (secondary N) is 1. The highest BCUT2D eigenvalue weighted by Gasteiger charge is 2.15. The first-order valence-corrected chi connectivity index (χ1v) is 6.45. The molecule has 0 amide bonds. The van der Waals surface area contributed by atoms with Crippen molar-refractivity contribution < 1.29 is 13.9 Å². The third kappa shape index (κ3) is 6.34. The molecule has 19 heavy (non-hydrogen) atoms. The van der Waals surface area contributed by atoms with Crippen LogP contribution in [0.2, 0.25) is 0 Å². The average Bonchev–Trinajstić information content (AvgIpc) is 2.24. The molecule has 1 aromatic carbocycles. The summed E-state index contributed by atoms with van der Waals surface area (Å²) in [4.78, 5) is 11.4. The predicted octanol–water partition coefficient (Wildman–Crippen LogP) is 2.61. The highest BCUT2D eigenvalue weighted by molar-refractivity contribution is 5.72. The standard InChI is InChI=1S/C15H22FNO2/c1-11-9-13(16)6-5-12(11)7-8-17-10-14(18)19-15(2,3)4/h5-6,9,17H,7-8,10H2,1-4H3. The maximum Gasteiger partial charge on any atom is 0.320 e. The summed E-state index contributed by atoms with van der Waals surface area (Å²) in [7, 11) is 0. The van der Waals surface area contributed by atoms with Gasteiger partial charge in [0.1, 0.15) is 11.4 Å². The maximum atomic E-state index is 12.9. The van der Waals surface area contributed by atoms with Crippen LogP contribution in [0.5, 0.6) is 0 Å². The van der Waals surface area contributed by atoms with Crippen LogP contribution in [0.4, 0.5) is 4.39 Å². The zero-order valence-corrected chi connectivity index (χ0v) is 12.0. The lowest BCUT2D eigenvalue weighted by Gasteiger charge is -2.19. The van der Waals surface area contributed by atoms with E-state index in [-0.39, 0.29) is 18.3 Å². The molecule has 0 aliphatic rings. The van der Waals surface area contributed by atoms with Crippen molar-refractivity contribution in [3.8, 4) is 0 Å². The van der Waals surface area contributed by atoms with E-state index >= 15 is 0 Å². The van der Waals surface area contributed by atoms with Crippen molar-refractivity contribution in [2.24, 2.45) is 0 Å². The van der Waals surface area contributed by atoms with Crippen LogP contribution in [0.3, 0.4) is 0 Å². The topological polar surface area (TPSA) is 38.3 Å². The van der Waals surface area contributed by atoms with E-state index in [1.807, 2.05) is 27.7 Å². The Morgan fingerprint density at radius 3 is 2.63 bits per heavy atom. The second-order valence-electron chi connectivity index (χ2n) is 5.58. The fraction of sp³-hybridized carbons (Fsp3) is 0.533. The molecule has 0 heterocycles. The van der Waals surface area contributed by atoms with E-state index in [4.69, 9.17) is 4.74 Å². The van der Waals surface area contributed by atoms with Crippen LogP contribution in [0.15, 0.2) is 18.2 Å². The molecule has 0 radical (unpaired) electrons. The summed E-state index contributed by atoms with van der Waals surface area (Å²) in [6, 6.07) is 4.75. The number of halogens is 1. The molecular formula is C15H22FNO2. The Hall–Kier alpha value is -1.42. The number of benzene rings is 1. The quantitative estimate of drug-likeness (QED) is 0.658. The van der Waals surface area contributed by atoms with Crippen molar-refractivity contribution in [3.05, 3.63) is 35.1 Å². The van der Waals surface area contributed by atoms with Crippen LogP contribution in [-0.2, 0) is 16.0 Å². The van der Waals surface area contributed by atoms with Crippen molar-refractivity contribution in [1.82, 2.24) is 5.32 Å². The number of ether oxygens (including phenoxy) is 1. The summed E-state index contributed by atoms with van der Waals surface area (Å²) in [5.41, 5.74) is 1.56. The summed E-state index contributed by atoms with van der Waals surface area (Å²) >= 11 is 0. The van der Waals surface area contributed by atoms with E-state index < -0.39 is 5.60 Å². The van der Waals surface area contributed by atoms with Crippen LogP contribution in [0.25, 0.3) is 0 Å². The van der Waals surface area contributed by atoms with Gasteiger partial charge in [-0.05, 0) is 63.9 Å². The summed E-state index contributed by atoms with van der Waals surface area (Å²) in [5, 5.41) is 3.03. The number of aryl methyl sites for hydroxylation is 1. The molecule has 1 N–H and O–H groups in total. The predicted molar refractivity (Wildman–Crippen MR) is 73.6 cm³/mol. The van der Waals surface area contributed by atoms with E-state index in [1.165, 1.54) is 12.1 Å². The monoisotopic (exact) mass is 267 g/mol. The molecule has 0 aliphatic carbocycles. The first-order valence-electron chi connectivity index (χ1n) is 6.45. The van der Waals surface area contributed by atoms with Gasteiger partial charge in [0.25, 0.3) is 0 Å². The van der Waals surface area contributed by atoms with Gasteiger partial charge in [-0.1, -0.05) is 6.07 Å².